The van der Waals surface area contributed by atoms with Crippen LogP contribution in [0, 0.1) is 5.92 Å². The minimum absolute atomic E-state index is 0.144. The first-order valence-electron chi connectivity index (χ1n) is 5.78. The van der Waals surface area contributed by atoms with Gasteiger partial charge < -0.3 is 14.7 Å². The van der Waals surface area contributed by atoms with E-state index in [2.05, 4.69) is 0 Å². The van der Waals surface area contributed by atoms with E-state index in [1.807, 2.05) is 0 Å². The van der Waals surface area contributed by atoms with E-state index in [1.54, 1.807) is 4.90 Å². The Morgan fingerprint density at radius 1 is 1.31 bits per heavy atom. The molecule has 0 bridgehead atoms. The van der Waals surface area contributed by atoms with Gasteiger partial charge in [-0.25, -0.2) is 0 Å². The predicted molar refractivity (Wildman–Crippen MR) is 55.7 cm³/mol. The summed E-state index contributed by atoms with van der Waals surface area (Å²) in [6.45, 7) is 0.890. The summed E-state index contributed by atoms with van der Waals surface area (Å²) in [5, 5.41) is 8.88. The molecule has 0 unspecified atom stereocenters. The average molecular weight is 227 g/mol. The minimum atomic E-state index is -0.709. The van der Waals surface area contributed by atoms with Crippen molar-refractivity contribution in [3.63, 3.8) is 0 Å². The number of carboxylic acid groups (broad SMARTS) is 1. The molecule has 0 aromatic heterocycles. The fraction of sp³-hybridized carbons (Fsp3) is 0.818. The lowest BCUT2D eigenvalue weighted by Gasteiger charge is -2.37. The van der Waals surface area contributed by atoms with Gasteiger partial charge in [-0.15, -0.1) is 0 Å². The fourth-order valence-corrected chi connectivity index (χ4v) is 2.48. The fourth-order valence-electron chi connectivity index (χ4n) is 2.48. The molecule has 1 aliphatic heterocycles. The highest BCUT2D eigenvalue weighted by molar-refractivity contribution is 5.77. The van der Waals surface area contributed by atoms with Gasteiger partial charge in [0.25, 0.3) is 0 Å². The van der Waals surface area contributed by atoms with Gasteiger partial charge in [0, 0.05) is 6.04 Å². The van der Waals surface area contributed by atoms with Crippen molar-refractivity contribution in [1.29, 1.82) is 0 Å². The number of nitrogens with zero attached hydrogens (tertiary/aromatic N) is 1. The Hall–Kier alpha value is -1.10. The molecule has 0 atom stereocenters. The number of rotatable bonds is 2. The zero-order valence-corrected chi connectivity index (χ0v) is 9.22. The largest absolute Gasteiger partial charge is 0.481 e. The third kappa shape index (κ3) is 2.35. The lowest BCUT2D eigenvalue weighted by molar-refractivity contribution is -0.152. The van der Waals surface area contributed by atoms with Crippen LogP contribution in [0.2, 0.25) is 0 Å². The monoisotopic (exact) mass is 227 g/mol. The molecule has 1 saturated heterocycles. The van der Waals surface area contributed by atoms with E-state index in [4.69, 9.17) is 9.84 Å². The zero-order valence-electron chi connectivity index (χ0n) is 9.22. The molecule has 0 aromatic rings. The molecule has 5 nitrogen and oxygen atoms in total. The number of ether oxygens (including phenoxy) is 1. The van der Waals surface area contributed by atoms with Gasteiger partial charge in [-0.3, -0.25) is 9.59 Å². The standard InChI is InChI=1S/C11H17NO4/c13-10-5-6-16-7-12(10)9-3-1-8(2-4-9)11(14)15/h8-9H,1-7H2,(H,14,15)/t8-,9-. The molecule has 2 rings (SSSR count). The number of carbonyl (C=O) groups excluding carboxylic acids is 1. The number of amides is 1. The molecule has 1 saturated carbocycles. The Kier molecular flexibility index (Phi) is 3.43. The van der Waals surface area contributed by atoms with E-state index in [1.165, 1.54) is 0 Å². The summed E-state index contributed by atoms with van der Waals surface area (Å²) in [4.78, 5) is 24.2. The van der Waals surface area contributed by atoms with E-state index in [-0.39, 0.29) is 17.9 Å². The molecule has 1 aliphatic carbocycles. The van der Waals surface area contributed by atoms with Crippen LogP contribution in [0.15, 0.2) is 0 Å². The van der Waals surface area contributed by atoms with Crippen LogP contribution in [0.25, 0.3) is 0 Å². The van der Waals surface area contributed by atoms with Crippen molar-refractivity contribution < 1.29 is 19.4 Å². The smallest absolute Gasteiger partial charge is 0.306 e. The summed E-state index contributed by atoms with van der Waals surface area (Å²) >= 11 is 0. The van der Waals surface area contributed by atoms with Gasteiger partial charge in [0.1, 0.15) is 6.73 Å². The molecule has 16 heavy (non-hydrogen) atoms. The van der Waals surface area contributed by atoms with Gasteiger partial charge in [0.05, 0.1) is 18.9 Å². The summed E-state index contributed by atoms with van der Waals surface area (Å²) in [5.74, 6) is -0.790. The van der Waals surface area contributed by atoms with Crippen molar-refractivity contribution in [3.8, 4) is 0 Å². The highest BCUT2D eigenvalue weighted by Crippen LogP contribution is 2.28. The van der Waals surface area contributed by atoms with E-state index < -0.39 is 5.97 Å². The maximum atomic E-state index is 11.6. The zero-order chi connectivity index (χ0) is 11.5. The predicted octanol–water partition coefficient (Wildman–Crippen LogP) is 0.836. The van der Waals surface area contributed by atoms with Crippen LogP contribution in [0.3, 0.4) is 0 Å². The van der Waals surface area contributed by atoms with Gasteiger partial charge in [0.2, 0.25) is 5.91 Å². The highest BCUT2D eigenvalue weighted by atomic mass is 16.5. The van der Waals surface area contributed by atoms with Gasteiger partial charge >= 0.3 is 5.97 Å². The van der Waals surface area contributed by atoms with E-state index in [9.17, 15) is 9.59 Å². The van der Waals surface area contributed by atoms with Crippen LogP contribution < -0.4 is 0 Å². The molecule has 1 heterocycles. The normalized spacial score (nSPS) is 31.5. The number of hydrogen-bond acceptors (Lipinski definition) is 3. The highest BCUT2D eigenvalue weighted by Gasteiger charge is 2.32. The van der Waals surface area contributed by atoms with Crippen molar-refractivity contribution >= 4 is 11.9 Å². The summed E-state index contributed by atoms with van der Waals surface area (Å²) in [6, 6.07) is 0.184. The second-order valence-corrected chi connectivity index (χ2v) is 4.49. The minimum Gasteiger partial charge on any atom is -0.481 e. The average Bonchev–Trinajstić information content (AvgIpc) is 2.30. The van der Waals surface area contributed by atoms with Crippen LogP contribution in [0.5, 0.6) is 0 Å². The van der Waals surface area contributed by atoms with E-state index in [0.29, 0.717) is 32.6 Å². The maximum Gasteiger partial charge on any atom is 0.306 e. The van der Waals surface area contributed by atoms with Crippen molar-refractivity contribution in [2.45, 2.75) is 38.1 Å². The quantitative estimate of drug-likeness (QED) is 0.759. The van der Waals surface area contributed by atoms with Crippen molar-refractivity contribution in [1.82, 2.24) is 4.90 Å². The summed E-state index contributed by atoms with van der Waals surface area (Å²) in [7, 11) is 0. The summed E-state index contributed by atoms with van der Waals surface area (Å²) in [5.41, 5.74) is 0. The molecule has 0 spiro atoms. The Labute approximate surface area is 94.4 Å². The summed E-state index contributed by atoms with van der Waals surface area (Å²) in [6.07, 6.45) is 3.37. The number of carboxylic acids is 1. The second-order valence-electron chi connectivity index (χ2n) is 4.49. The number of hydrogen-bond donors (Lipinski definition) is 1. The topological polar surface area (TPSA) is 66.8 Å². The SMILES string of the molecule is O=C1CCOCN1[C@H]1CC[C@H](C(=O)O)CC1. The van der Waals surface area contributed by atoms with Crippen LogP contribution in [-0.2, 0) is 14.3 Å². The lowest BCUT2D eigenvalue weighted by Crippen LogP contribution is -2.47. The Balaban J connectivity index is 1.88. The number of carbonyl (C=O) groups is 2. The number of aliphatic carboxylic acids is 1. The molecule has 5 heteroatoms. The van der Waals surface area contributed by atoms with E-state index in [0.717, 1.165) is 12.8 Å². The Morgan fingerprint density at radius 2 is 2.00 bits per heavy atom. The van der Waals surface area contributed by atoms with Gasteiger partial charge in [-0.1, -0.05) is 0 Å². The first-order chi connectivity index (χ1) is 7.68. The molecule has 90 valence electrons. The molecular weight excluding hydrogens is 210 g/mol. The van der Waals surface area contributed by atoms with Crippen LogP contribution in [0.1, 0.15) is 32.1 Å². The van der Waals surface area contributed by atoms with Crippen molar-refractivity contribution in [2.75, 3.05) is 13.3 Å². The first-order valence-corrected chi connectivity index (χ1v) is 5.78. The molecule has 1 N–H and O–H groups in total. The summed E-state index contributed by atoms with van der Waals surface area (Å²) < 4.78 is 5.27. The molecular formula is C11H17NO4. The Bertz CT molecular complexity index is 284. The molecule has 1 amide bonds. The van der Waals surface area contributed by atoms with Gasteiger partial charge in [-0.2, -0.15) is 0 Å². The van der Waals surface area contributed by atoms with Crippen molar-refractivity contribution in [3.05, 3.63) is 0 Å². The maximum absolute atomic E-state index is 11.6. The van der Waals surface area contributed by atoms with Crippen LogP contribution in [0.4, 0.5) is 0 Å². The van der Waals surface area contributed by atoms with Crippen LogP contribution in [-0.4, -0.2) is 41.3 Å². The molecule has 2 fully saturated rings. The third-order valence-electron chi connectivity index (χ3n) is 3.50. The third-order valence-corrected chi connectivity index (χ3v) is 3.50. The molecule has 2 aliphatic rings. The van der Waals surface area contributed by atoms with Crippen molar-refractivity contribution in [2.24, 2.45) is 5.92 Å². The van der Waals surface area contributed by atoms with Crippen LogP contribution >= 0.6 is 0 Å². The second kappa shape index (κ2) is 4.82. The molecule has 0 radical (unpaired) electrons. The molecule has 0 aromatic carbocycles. The first kappa shape index (κ1) is 11.4. The van der Waals surface area contributed by atoms with E-state index >= 15 is 0 Å². The van der Waals surface area contributed by atoms with Gasteiger partial charge in [-0.05, 0) is 25.7 Å². The van der Waals surface area contributed by atoms with Gasteiger partial charge in [0.15, 0.2) is 0 Å². The Morgan fingerprint density at radius 3 is 2.56 bits per heavy atom. The lowest BCUT2D eigenvalue weighted by atomic mass is 9.85.